The zero-order chi connectivity index (χ0) is 13.1. The van der Waals surface area contributed by atoms with Gasteiger partial charge in [0.15, 0.2) is 0 Å². The predicted molar refractivity (Wildman–Crippen MR) is 79.1 cm³/mol. The fourth-order valence-corrected chi connectivity index (χ4v) is 2.37. The smallest absolute Gasteiger partial charge is 0.144 e. The van der Waals surface area contributed by atoms with Crippen LogP contribution >= 0.6 is 0 Å². The minimum Gasteiger partial charge on any atom is -0.356 e. The van der Waals surface area contributed by atoms with Crippen LogP contribution in [-0.2, 0) is 0 Å². The number of pyridine rings is 1. The number of hydrogen-bond acceptors (Lipinski definition) is 2. The topological polar surface area (TPSA) is 16.1 Å². The van der Waals surface area contributed by atoms with E-state index in [0.29, 0.717) is 0 Å². The molecule has 4 rings (SSSR count). The molecule has 2 heterocycles. The maximum atomic E-state index is 5.40. The molecule has 1 fully saturated rings. The maximum absolute atomic E-state index is 5.40. The molecule has 0 bridgehead atoms. The van der Waals surface area contributed by atoms with Crippen molar-refractivity contribution in [2.45, 2.75) is 12.8 Å². The Morgan fingerprint density at radius 1 is 1.05 bits per heavy atom. The number of rotatable bonds is 1. The third kappa shape index (κ3) is 2.61. The standard InChI is InChI=1S/C11H12N2.C6H4/c1-2-10-6-5-7-12-11(10)13-8-3-4-9-13;1-2-5-4-6(5)3-1/h1,5-7H,3-4,8-9H2;1-4H. The van der Waals surface area contributed by atoms with E-state index in [1.54, 1.807) is 6.20 Å². The zero-order valence-corrected chi connectivity index (χ0v) is 10.8. The molecule has 19 heavy (non-hydrogen) atoms. The van der Waals surface area contributed by atoms with Gasteiger partial charge in [0.1, 0.15) is 5.82 Å². The van der Waals surface area contributed by atoms with Crippen LogP contribution in [-0.4, -0.2) is 18.1 Å². The number of hydrogen-bond donors (Lipinski definition) is 0. The van der Waals surface area contributed by atoms with E-state index < -0.39 is 0 Å². The van der Waals surface area contributed by atoms with Crippen molar-refractivity contribution in [2.75, 3.05) is 18.0 Å². The molecule has 0 atom stereocenters. The Bertz CT molecular complexity index is 602. The van der Waals surface area contributed by atoms with Crippen LogP contribution < -0.4 is 4.90 Å². The van der Waals surface area contributed by atoms with E-state index in [2.05, 4.69) is 40.1 Å². The van der Waals surface area contributed by atoms with Crippen LogP contribution in [0.25, 0.3) is 11.1 Å². The van der Waals surface area contributed by atoms with E-state index in [9.17, 15) is 0 Å². The summed E-state index contributed by atoms with van der Waals surface area (Å²) in [6, 6.07) is 12.3. The molecule has 0 spiro atoms. The molecule has 2 heteroatoms. The molecule has 2 nitrogen and oxygen atoms in total. The summed E-state index contributed by atoms with van der Waals surface area (Å²) in [5.74, 6) is 3.64. The van der Waals surface area contributed by atoms with Crippen LogP contribution in [0.5, 0.6) is 0 Å². The summed E-state index contributed by atoms with van der Waals surface area (Å²) in [4.78, 5) is 6.57. The molecule has 0 aromatic carbocycles. The lowest BCUT2D eigenvalue weighted by atomic mass is 10.2. The van der Waals surface area contributed by atoms with E-state index in [1.807, 2.05) is 12.1 Å². The molecule has 0 amide bonds. The number of aromatic nitrogens is 1. The minimum atomic E-state index is 0.907. The van der Waals surface area contributed by atoms with Gasteiger partial charge in [-0.2, -0.15) is 0 Å². The van der Waals surface area contributed by atoms with Crippen molar-refractivity contribution in [1.82, 2.24) is 4.98 Å². The summed E-state index contributed by atoms with van der Waals surface area (Å²) in [7, 11) is 0. The highest BCUT2D eigenvalue weighted by atomic mass is 15.2. The fourth-order valence-electron chi connectivity index (χ4n) is 2.37. The number of nitrogens with zero attached hydrogens (tertiary/aromatic N) is 2. The van der Waals surface area contributed by atoms with E-state index in [1.165, 1.54) is 24.0 Å². The molecular formula is C17H16N2. The lowest BCUT2D eigenvalue weighted by Gasteiger charge is -2.17. The van der Waals surface area contributed by atoms with E-state index >= 15 is 0 Å². The highest BCUT2D eigenvalue weighted by Crippen LogP contribution is 2.32. The van der Waals surface area contributed by atoms with Crippen LogP contribution in [0.1, 0.15) is 18.4 Å². The molecule has 1 saturated heterocycles. The average Bonchev–Trinajstić information content (AvgIpc) is 2.90. The summed E-state index contributed by atoms with van der Waals surface area (Å²) in [6.07, 6.45) is 9.70. The summed E-state index contributed by atoms with van der Waals surface area (Å²) >= 11 is 0. The molecule has 0 N–H and O–H groups in total. The summed E-state index contributed by atoms with van der Waals surface area (Å²) < 4.78 is 0. The molecular weight excluding hydrogens is 232 g/mol. The van der Waals surface area contributed by atoms with Crippen LogP contribution in [0.3, 0.4) is 0 Å². The Labute approximate surface area is 114 Å². The number of fused-ring (bicyclic) bond motifs is 1. The van der Waals surface area contributed by atoms with Crippen LogP contribution in [0.2, 0.25) is 0 Å². The normalized spacial score (nSPS) is 14.4. The van der Waals surface area contributed by atoms with Crippen LogP contribution in [0.15, 0.2) is 42.6 Å². The van der Waals surface area contributed by atoms with Crippen molar-refractivity contribution in [3.63, 3.8) is 0 Å². The molecule has 1 aromatic heterocycles. The van der Waals surface area contributed by atoms with Gasteiger partial charge in [0.25, 0.3) is 0 Å². The first-order chi connectivity index (χ1) is 9.38. The molecule has 0 radical (unpaired) electrons. The Morgan fingerprint density at radius 3 is 2.32 bits per heavy atom. The van der Waals surface area contributed by atoms with Crippen LogP contribution in [0.4, 0.5) is 5.82 Å². The first kappa shape index (κ1) is 11.8. The zero-order valence-electron chi connectivity index (χ0n) is 10.8. The summed E-state index contributed by atoms with van der Waals surface area (Å²) in [5, 5.41) is 0. The largest absolute Gasteiger partial charge is 0.356 e. The molecule has 1 aromatic rings. The number of benzene rings is 1. The monoisotopic (exact) mass is 248 g/mol. The number of terminal acetylenes is 1. The van der Waals surface area contributed by atoms with Gasteiger partial charge in [0, 0.05) is 19.3 Å². The Balaban J connectivity index is 0.000000151. The highest BCUT2D eigenvalue weighted by molar-refractivity contribution is 5.80. The molecule has 1 aliphatic heterocycles. The third-order valence-corrected chi connectivity index (χ3v) is 3.46. The van der Waals surface area contributed by atoms with Gasteiger partial charge in [0.2, 0.25) is 0 Å². The van der Waals surface area contributed by atoms with Gasteiger partial charge in [-0.05, 0) is 42.2 Å². The van der Waals surface area contributed by atoms with Crippen molar-refractivity contribution >= 4 is 5.82 Å². The molecule has 94 valence electrons. The quantitative estimate of drug-likeness (QED) is 0.614. The third-order valence-electron chi connectivity index (χ3n) is 3.46. The fraction of sp³-hybridized carbons (Fsp3) is 0.235. The lowest BCUT2D eigenvalue weighted by molar-refractivity contribution is 0.934. The SMILES string of the molecule is C#Cc1cccnc1N1CCCC1.c1cc2cc-2c1. The predicted octanol–water partition coefficient (Wildman–Crippen LogP) is 3.33. The van der Waals surface area contributed by atoms with Crippen molar-refractivity contribution in [1.29, 1.82) is 0 Å². The van der Waals surface area contributed by atoms with Crippen molar-refractivity contribution in [3.05, 3.63) is 48.2 Å². The second-order valence-corrected chi connectivity index (χ2v) is 4.79. The summed E-state index contributed by atoms with van der Waals surface area (Å²) in [5.41, 5.74) is 3.76. The minimum absolute atomic E-state index is 0.907. The van der Waals surface area contributed by atoms with E-state index in [4.69, 9.17) is 6.42 Å². The molecule has 2 aliphatic carbocycles. The second-order valence-electron chi connectivity index (χ2n) is 4.79. The first-order valence-electron chi connectivity index (χ1n) is 6.65. The molecule has 3 aliphatic rings. The highest BCUT2D eigenvalue weighted by Gasteiger charge is 2.15. The van der Waals surface area contributed by atoms with Crippen molar-refractivity contribution in [3.8, 4) is 23.5 Å². The van der Waals surface area contributed by atoms with Gasteiger partial charge in [-0.1, -0.05) is 24.1 Å². The van der Waals surface area contributed by atoms with E-state index in [0.717, 1.165) is 24.5 Å². The second kappa shape index (κ2) is 5.16. The Kier molecular flexibility index (Phi) is 3.20. The number of anilines is 1. The first-order valence-corrected chi connectivity index (χ1v) is 6.65. The van der Waals surface area contributed by atoms with Gasteiger partial charge in [-0.15, -0.1) is 6.42 Å². The van der Waals surface area contributed by atoms with Gasteiger partial charge in [-0.3, -0.25) is 0 Å². The molecule has 0 saturated carbocycles. The van der Waals surface area contributed by atoms with Crippen LogP contribution in [0, 0.1) is 12.3 Å². The summed E-state index contributed by atoms with van der Waals surface area (Å²) in [6.45, 7) is 2.18. The van der Waals surface area contributed by atoms with Crippen molar-refractivity contribution in [2.24, 2.45) is 0 Å². The maximum Gasteiger partial charge on any atom is 0.144 e. The van der Waals surface area contributed by atoms with Gasteiger partial charge in [0.05, 0.1) is 5.56 Å². The average molecular weight is 248 g/mol. The molecule has 0 unspecified atom stereocenters. The Morgan fingerprint density at radius 2 is 1.79 bits per heavy atom. The van der Waals surface area contributed by atoms with Gasteiger partial charge < -0.3 is 4.90 Å². The van der Waals surface area contributed by atoms with Gasteiger partial charge in [-0.25, -0.2) is 4.98 Å². The van der Waals surface area contributed by atoms with Crippen molar-refractivity contribution < 1.29 is 0 Å². The van der Waals surface area contributed by atoms with E-state index in [-0.39, 0.29) is 0 Å². The lowest BCUT2D eigenvalue weighted by Crippen LogP contribution is -2.19. The Hall–Kier alpha value is -2.27. The van der Waals surface area contributed by atoms with Gasteiger partial charge >= 0.3 is 0 Å².